The van der Waals surface area contributed by atoms with Gasteiger partial charge in [0.2, 0.25) is 0 Å². The van der Waals surface area contributed by atoms with Crippen molar-refractivity contribution >= 4 is 0 Å². The summed E-state index contributed by atoms with van der Waals surface area (Å²) < 4.78 is 5.81. The van der Waals surface area contributed by atoms with E-state index in [2.05, 4.69) is 44.3 Å². The van der Waals surface area contributed by atoms with Crippen LogP contribution >= 0.6 is 0 Å². The van der Waals surface area contributed by atoms with Crippen molar-refractivity contribution in [2.24, 2.45) is 0 Å². The number of unbranched alkanes of at least 4 members (excludes halogenated alkanes) is 1. The SMILES string of the molecule is CCc1ccccc1OCCCCNC(C)C. The number of rotatable bonds is 8. The summed E-state index contributed by atoms with van der Waals surface area (Å²) in [5, 5.41) is 3.41. The van der Waals surface area contributed by atoms with E-state index in [-0.39, 0.29) is 0 Å². The quantitative estimate of drug-likeness (QED) is 0.697. The lowest BCUT2D eigenvalue weighted by molar-refractivity contribution is 0.302. The van der Waals surface area contributed by atoms with Crippen molar-refractivity contribution < 1.29 is 4.74 Å². The van der Waals surface area contributed by atoms with Gasteiger partial charge in [-0.25, -0.2) is 0 Å². The molecule has 2 heteroatoms. The zero-order chi connectivity index (χ0) is 12.5. The third-order valence-corrected chi connectivity index (χ3v) is 2.73. The molecule has 1 aromatic rings. The maximum absolute atomic E-state index is 5.81. The fraction of sp³-hybridized carbons (Fsp3) is 0.600. The Morgan fingerprint density at radius 1 is 1.18 bits per heavy atom. The van der Waals surface area contributed by atoms with E-state index in [1.54, 1.807) is 0 Å². The topological polar surface area (TPSA) is 21.3 Å². The minimum atomic E-state index is 0.580. The lowest BCUT2D eigenvalue weighted by atomic mass is 10.1. The van der Waals surface area contributed by atoms with Crippen molar-refractivity contribution in [2.75, 3.05) is 13.2 Å². The Morgan fingerprint density at radius 2 is 1.94 bits per heavy atom. The van der Waals surface area contributed by atoms with Crippen LogP contribution in [0.3, 0.4) is 0 Å². The van der Waals surface area contributed by atoms with E-state index < -0.39 is 0 Å². The smallest absolute Gasteiger partial charge is 0.122 e. The van der Waals surface area contributed by atoms with Crippen molar-refractivity contribution in [3.8, 4) is 5.75 Å². The molecule has 0 radical (unpaired) electrons. The van der Waals surface area contributed by atoms with Gasteiger partial charge in [0.25, 0.3) is 0 Å². The van der Waals surface area contributed by atoms with Gasteiger partial charge in [0, 0.05) is 6.04 Å². The Morgan fingerprint density at radius 3 is 2.65 bits per heavy atom. The van der Waals surface area contributed by atoms with Crippen LogP contribution in [-0.4, -0.2) is 19.2 Å². The van der Waals surface area contributed by atoms with Gasteiger partial charge in [-0.05, 0) is 37.4 Å². The lowest BCUT2D eigenvalue weighted by Gasteiger charge is -2.11. The molecule has 0 aromatic heterocycles. The van der Waals surface area contributed by atoms with Crippen molar-refractivity contribution in [3.05, 3.63) is 29.8 Å². The molecule has 0 amide bonds. The van der Waals surface area contributed by atoms with E-state index in [0.717, 1.165) is 31.7 Å². The van der Waals surface area contributed by atoms with Crippen LogP contribution in [0.5, 0.6) is 5.75 Å². The highest BCUT2D eigenvalue weighted by molar-refractivity contribution is 5.33. The second kappa shape index (κ2) is 8.13. The summed E-state index contributed by atoms with van der Waals surface area (Å²) in [4.78, 5) is 0. The zero-order valence-electron chi connectivity index (χ0n) is 11.3. The highest BCUT2D eigenvalue weighted by Gasteiger charge is 2.00. The number of hydrogen-bond acceptors (Lipinski definition) is 2. The Balaban J connectivity index is 2.17. The van der Waals surface area contributed by atoms with Crippen LogP contribution in [0.15, 0.2) is 24.3 Å². The fourth-order valence-electron chi connectivity index (χ4n) is 1.74. The van der Waals surface area contributed by atoms with Gasteiger partial charge in [0.1, 0.15) is 5.75 Å². The van der Waals surface area contributed by atoms with E-state index in [1.807, 2.05) is 6.07 Å². The third-order valence-electron chi connectivity index (χ3n) is 2.73. The maximum Gasteiger partial charge on any atom is 0.122 e. The molecular weight excluding hydrogens is 210 g/mol. The molecule has 1 aromatic carbocycles. The molecule has 0 unspecified atom stereocenters. The second-order valence-corrected chi connectivity index (χ2v) is 4.63. The van der Waals surface area contributed by atoms with Crippen LogP contribution in [-0.2, 0) is 6.42 Å². The van der Waals surface area contributed by atoms with Gasteiger partial charge in [-0.1, -0.05) is 39.0 Å². The van der Waals surface area contributed by atoms with E-state index in [1.165, 1.54) is 12.0 Å². The largest absolute Gasteiger partial charge is 0.493 e. The van der Waals surface area contributed by atoms with Crippen LogP contribution < -0.4 is 10.1 Å². The first-order valence-corrected chi connectivity index (χ1v) is 6.68. The lowest BCUT2D eigenvalue weighted by Crippen LogP contribution is -2.23. The fourth-order valence-corrected chi connectivity index (χ4v) is 1.74. The van der Waals surface area contributed by atoms with Crippen molar-refractivity contribution in [1.29, 1.82) is 0 Å². The summed E-state index contributed by atoms with van der Waals surface area (Å²) in [7, 11) is 0. The number of nitrogens with one attached hydrogen (secondary N) is 1. The normalized spacial score (nSPS) is 10.8. The third kappa shape index (κ3) is 5.73. The van der Waals surface area contributed by atoms with Gasteiger partial charge in [0.05, 0.1) is 6.61 Å². The molecule has 0 atom stereocenters. The molecule has 0 bridgehead atoms. The zero-order valence-corrected chi connectivity index (χ0v) is 11.3. The van der Waals surface area contributed by atoms with Crippen LogP contribution in [0.1, 0.15) is 39.2 Å². The molecule has 0 fully saturated rings. The number of benzene rings is 1. The Hall–Kier alpha value is -1.02. The predicted molar refractivity (Wildman–Crippen MR) is 73.7 cm³/mol. The Kier molecular flexibility index (Phi) is 6.71. The highest BCUT2D eigenvalue weighted by Crippen LogP contribution is 2.18. The average Bonchev–Trinajstić information content (AvgIpc) is 2.33. The molecule has 96 valence electrons. The molecular formula is C15H25NO. The highest BCUT2D eigenvalue weighted by atomic mass is 16.5. The minimum absolute atomic E-state index is 0.580. The number of aryl methyl sites for hydroxylation is 1. The van der Waals surface area contributed by atoms with Gasteiger partial charge < -0.3 is 10.1 Å². The summed E-state index contributed by atoms with van der Waals surface area (Å²) >= 11 is 0. The molecule has 0 aliphatic rings. The number of ether oxygens (including phenoxy) is 1. The van der Waals surface area contributed by atoms with E-state index in [0.29, 0.717) is 6.04 Å². The van der Waals surface area contributed by atoms with Gasteiger partial charge >= 0.3 is 0 Å². The van der Waals surface area contributed by atoms with Gasteiger partial charge in [-0.15, -0.1) is 0 Å². The molecule has 0 saturated carbocycles. The van der Waals surface area contributed by atoms with Gasteiger partial charge in [-0.3, -0.25) is 0 Å². The summed E-state index contributed by atoms with van der Waals surface area (Å²) in [6.07, 6.45) is 3.31. The number of hydrogen-bond donors (Lipinski definition) is 1. The summed E-state index contributed by atoms with van der Waals surface area (Å²) in [6.45, 7) is 8.41. The molecule has 17 heavy (non-hydrogen) atoms. The molecule has 0 heterocycles. The van der Waals surface area contributed by atoms with Crippen LogP contribution in [0, 0.1) is 0 Å². The summed E-state index contributed by atoms with van der Waals surface area (Å²) in [5.41, 5.74) is 1.30. The van der Waals surface area contributed by atoms with E-state index in [9.17, 15) is 0 Å². The van der Waals surface area contributed by atoms with Crippen molar-refractivity contribution in [2.45, 2.75) is 46.1 Å². The predicted octanol–water partition coefficient (Wildman–Crippen LogP) is 3.41. The minimum Gasteiger partial charge on any atom is -0.493 e. The van der Waals surface area contributed by atoms with Gasteiger partial charge in [-0.2, -0.15) is 0 Å². The molecule has 1 rings (SSSR count). The Bertz CT molecular complexity index is 310. The molecule has 0 saturated heterocycles. The average molecular weight is 235 g/mol. The molecule has 0 spiro atoms. The second-order valence-electron chi connectivity index (χ2n) is 4.63. The molecule has 0 aliphatic heterocycles. The standard InChI is InChI=1S/C15H25NO/c1-4-14-9-5-6-10-15(14)17-12-8-7-11-16-13(2)3/h5-6,9-10,13,16H,4,7-8,11-12H2,1-3H3. The molecule has 0 aliphatic carbocycles. The molecule has 1 N–H and O–H groups in total. The van der Waals surface area contributed by atoms with Crippen molar-refractivity contribution in [1.82, 2.24) is 5.32 Å². The van der Waals surface area contributed by atoms with Gasteiger partial charge in [0.15, 0.2) is 0 Å². The first-order valence-electron chi connectivity index (χ1n) is 6.68. The van der Waals surface area contributed by atoms with Crippen molar-refractivity contribution in [3.63, 3.8) is 0 Å². The van der Waals surface area contributed by atoms with E-state index >= 15 is 0 Å². The van der Waals surface area contributed by atoms with Crippen LogP contribution in [0.25, 0.3) is 0 Å². The molecule has 2 nitrogen and oxygen atoms in total. The maximum atomic E-state index is 5.81. The van der Waals surface area contributed by atoms with Crippen LogP contribution in [0.2, 0.25) is 0 Å². The summed E-state index contributed by atoms with van der Waals surface area (Å²) in [5.74, 6) is 1.05. The van der Waals surface area contributed by atoms with Crippen LogP contribution in [0.4, 0.5) is 0 Å². The summed E-state index contributed by atoms with van der Waals surface area (Å²) in [6, 6.07) is 8.88. The number of para-hydroxylation sites is 1. The first-order chi connectivity index (χ1) is 8.24. The Labute approximate surface area is 105 Å². The van der Waals surface area contributed by atoms with E-state index in [4.69, 9.17) is 4.74 Å². The first kappa shape index (κ1) is 14.0. The monoisotopic (exact) mass is 235 g/mol.